The van der Waals surface area contributed by atoms with E-state index in [4.69, 9.17) is 9.52 Å². The van der Waals surface area contributed by atoms with Gasteiger partial charge in [0.1, 0.15) is 5.82 Å². The van der Waals surface area contributed by atoms with Crippen molar-refractivity contribution in [3.05, 3.63) is 47.5 Å². The molecule has 0 saturated carbocycles. The van der Waals surface area contributed by atoms with E-state index in [0.717, 1.165) is 12.1 Å². The Kier molecular flexibility index (Phi) is 3.76. The van der Waals surface area contributed by atoms with Crippen molar-refractivity contribution in [3.63, 3.8) is 0 Å². The van der Waals surface area contributed by atoms with Gasteiger partial charge >= 0.3 is 12.1 Å². The Bertz CT molecular complexity index is 648. The van der Waals surface area contributed by atoms with E-state index < -0.39 is 23.5 Å². The Morgan fingerprint density at radius 3 is 2.40 bits per heavy atom. The molecule has 0 aliphatic heterocycles. The second kappa shape index (κ2) is 5.20. The van der Waals surface area contributed by atoms with Gasteiger partial charge in [0.15, 0.2) is 5.09 Å². The van der Waals surface area contributed by atoms with Crippen LogP contribution in [0.5, 0.6) is 0 Å². The second-order valence-electron chi connectivity index (χ2n) is 3.67. The van der Waals surface area contributed by atoms with Crippen molar-refractivity contribution >= 4 is 17.7 Å². The number of hydrogen-bond acceptors (Lipinski definition) is 3. The van der Waals surface area contributed by atoms with Crippen LogP contribution in [0.3, 0.4) is 0 Å². The van der Waals surface area contributed by atoms with Crippen LogP contribution in [0.2, 0.25) is 0 Å². The highest BCUT2D eigenvalue weighted by atomic mass is 32.2. The lowest BCUT2D eigenvalue weighted by atomic mass is 10.2. The molecule has 1 aromatic carbocycles. The summed E-state index contributed by atoms with van der Waals surface area (Å²) in [6.07, 6.45) is -4.62. The zero-order valence-electron chi connectivity index (χ0n) is 9.57. The topological polar surface area (TPSA) is 50.4 Å². The van der Waals surface area contributed by atoms with Crippen LogP contribution in [-0.2, 0) is 6.18 Å². The predicted molar refractivity (Wildman–Crippen MR) is 61.2 cm³/mol. The van der Waals surface area contributed by atoms with Crippen molar-refractivity contribution in [2.24, 2.45) is 0 Å². The van der Waals surface area contributed by atoms with Gasteiger partial charge in [-0.25, -0.2) is 9.18 Å². The van der Waals surface area contributed by atoms with Gasteiger partial charge in [-0.1, -0.05) is 0 Å². The maximum absolute atomic E-state index is 13.6. The molecule has 0 saturated heterocycles. The van der Waals surface area contributed by atoms with Crippen LogP contribution in [0.15, 0.2) is 44.7 Å². The van der Waals surface area contributed by atoms with Gasteiger partial charge in [0.05, 0.1) is 10.5 Å². The van der Waals surface area contributed by atoms with E-state index in [1.807, 2.05) is 0 Å². The molecular formula is C12H6F4O3S. The normalized spacial score (nSPS) is 11.6. The minimum atomic E-state index is -4.62. The summed E-state index contributed by atoms with van der Waals surface area (Å²) >= 11 is 0.699. The van der Waals surface area contributed by atoms with Crippen LogP contribution in [0.1, 0.15) is 16.1 Å². The summed E-state index contributed by atoms with van der Waals surface area (Å²) in [6, 6.07) is 4.56. The van der Waals surface area contributed by atoms with Crippen LogP contribution in [0.25, 0.3) is 0 Å². The highest BCUT2D eigenvalue weighted by Gasteiger charge is 2.31. The molecule has 1 heterocycles. The Morgan fingerprint density at radius 2 is 1.90 bits per heavy atom. The molecule has 0 fully saturated rings. The van der Waals surface area contributed by atoms with E-state index in [1.165, 1.54) is 12.1 Å². The van der Waals surface area contributed by atoms with Gasteiger partial charge in [-0.15, -0.1) is 0 Å². The van der Waals surface area contributed by atoms with E-state index >= 15 is 0 Å². The molecule has 2 rings (SSSR count). The smallest absolute Gasteiger partial charge is 0.416 e. The van der Waals surface area contributed by atoms with Gasteiger partial charge in [0.2, 0.25) is 5.76 Å². The van der Waals surface area contributed by atoms with Crippen LogP contribution >= 0.6 is 11.8 Å². The zero-order chi connectivity index (χ0) is 14.9. The molecule has 0 aliphatic rings. The minimum Gasteiger partial charge on any atom is -0.475 e. The average molecular weight is 306 g/mol. The third-order valence-electron chi connectivity index (χ3n) is 2.26. The SMILES string of the molecule is O=C(O)c1ccc(Sc2ccc(C(F)(F)F)cc2F)o1. The molecule has 8 heteroatoms. The predicted octanol–water partition coefficient (Wildman–Crippen LogP) is 4.29. The van der Waals surface area contributed by atoms with Crippen LogP contribution in [0.4, 0.5) is 17.6 Å². The minimum absolute atomic E-state index is 0.0704. The largest absolute Gasteiger partial charge is 0.475 e. The quantitative estimate of drug-likeness (QED) is 0.860. The monoisotopic (exact) mass is 306 g/mol. The summed E-state index contributed by atoms with van der Waals surface area (Å²) in [5, 5.41) is 8.71. The lowest BCUT2D eigenvalue weighted by molar-refractivity contribution is -0.137. The van der Waals surface area contributed by atoms with Crippen LogP contribution in [0, 0.1) is 5.82 Å². The van der Waals surface area contributed by atoms with Crippen LogP contribution < -0.4 is 0 Å². The van der Waals surface area contributed by atoms with Crippen molar-refractivity contribution in [2.75, 3.05) is 0 Å². The standard InChI is InChI=1S/C12H6F4O3S/c13-7-5-6(12(14,15)16)1-3-9(7)20-10-4-2-8(19-10)11(17)18/h1-5H,(H,17,18). The molecule has 3 nitrogen and oxygen atoms in total. The highest BCUT2D eigenvalue weighted by Crippen LogP contribution is 2.35. The molecule has 0 radical (unpaired) electrons. The molecule has 20 heavy (non-hydrogen) atoms. The van der Waals surface area contributed by atoms with Gasteiger partial charge < -0.3 is 9.52 Å². The number of carboxylic acids is 1. The zero-order valence-corrected chi connectivity index (χ0v) is 10.4. The van der Waals surface area contributed by atoms with Crippen molar-refractivity contribution < 1.29 is 31.9 Å². The molecule has 0 atom stereocenters. The Hall–Kier alpha value is -1.96. The van der Waals surface area contributed by atoms with Crippen molar-refractivity contribution in [1.29, 1.82) is 0 Å². The van der Waals surface area contributed by atoms with E-state index in [2.05, 4.69) is 0 Å². The number of hydrogen-bond donors (Lipinski definition) is 1. The second-order valence-corrected chi connectivity index (χ2v) is 4.72. The molecule has 106 valence electrons. The number of aromatic carboxylic acids is 1. The lowest BCUT2D eigenvalue weighted by Crippen LogP contribution is -2.05. The van der Waals surface area contributed by atoms with Crippen molar-refractivity contribution in [3.8, 4) is 0 Å². The maximum atomic E-state index is 13.6. The van der Waals surface area contributed by atoms with Gasteiger partial charge in [-0.05, 0) is 42.1 Å². The third kappa shape index (κ3) is 3.13. The summed E-state index contributed by atoms with van der Waals surface area (Å²) in [5.41, 5.74) is -1.09. The summed E-state index contributed by atoms with van der Waals surface area (Å²) in [7, 11) is 0. The Balaban J connectivity index is 2.23. The van der Waals surface area contributed by atoms with E-state index in [0.29, 0.717) is 17.8 Å². The number of carbonyl (C=O) groups is 1. The summed E-state index contributed by atoms with van der Waals surface area (Å²) in [5.74, 6) is -2.68. The molecule has 1 N–H and O–H groups in total. The third-order valence-corrected chi connectivity index (χ3v) is 3.23. The number of rotatable bonds is 3. The molecule has 0 spiro atoms. The van der Waals surface area contributed by atoms with E-state index in [1.54, 1.807) is 0 Å². The maximum Gasteiger partial charge on any atom is 0.416 e. The fourth-order valence-corrected chi connectivity index (χ4v) is 2.14. The summed E-state index contributed by atoms with van der Waals surface area (Å²) in [4.78, 5) is 10.5. The van der Waals surface area contributed by atoms with E-state index in [9.17, 15) is 22.4 Å². The van der Waals surface area contributed by atoms with Crippen molar-refractivity contribution in [2.45, 2.75) is 16.2 Å². The molecule has 0 bridgehead atoms. The Morgan fingerprint density at radius 1 is 1.20 bits per heavy atom. The van der Waals surface area contributed by atoms with Gasteiger partial charge in [0, 0.05) is 0 Å². The lowest BCUT2D eigenvalue weighted by Gasteiger charge is -2.08. The average Bonchev–Trinajstić information content (AvgIpc) is 2.79. The molecule has 0 aliphatic carbocycles. The molecular weight excluding hydrogens is 300 g/mol. The first-order chi connectivity index (χ1) is 9.27. The van der Waals surface area contributed by atoms with Gasteiger partial charge in [0.25, 0.3) is 0 Å². The van der Waals surface area contributed by atoms with Crippen LogP contribution in [-0.4, -0.2) is 11.1 Å². The first kappa shape index (κ1) is 14.4. The first-order valence-corrected chi connectivity index (χ1v) is 5.97. The van der Waals surface area contributed by atoms with Gasteiger partial charge in [-0.2, -0.15) is 13.2 Å². The first-order valence-electron chi connectivity index (χ1n) is 5.15. The molecule has 0 amide bonds. The van der Waals surface area contributed by atoms with E-state index in [-0.39, 0.29) is 15.7 Å². The molecule has 1 aromatic heterocycles. The van der Waals surface area contributed by atoms with Crippen molar-refractivity contribution in [1.82, 2.24) is 0 Å². The molecule has 2 aromatic rings. The number of carboxylic acid groups (broad SMARTS) is 1. The fraction of sp³-hybridized carbons (Fsp3) is 0.0833. The summed E-state index contributed by atoms with van der Waals surface area (Å²) in [6.45, 7) is 0. The number of benzene rings is 1. The fourth-order valence-electron chi connectivity index (χ4n) is 1.36. The van der Waals surface area contributed by atoms with Gasteiger partial charge in [-0.3, -0.25) is 0 Å². The number of furan rings is 1. The number of alkyl halides is 3. The molecule has 0 unspecified atom stereocenters. The Labute approximate surface area is 114 Å². The highest BCUT2D eigenvalue weighted by molar-refractivity contribution is 7.99. The summed E-state index contributed by atoms with van der Waals surface area (Å²) < 4.78 is 55.5. The number of halogens is 4.